The van der Waals surface area contributed by atoms with Crippen LogP contribution in [0.2, 0.25) is 0 Å². The Kier molecular flexibility index (Phi) is 3.85. The summed E-state index contributed by atoms with van der Waals surface area (Å²) in [6.45, 7) is 1.49. The lowest BCUT2D eigenvalue weighted by Crippen LogP contribution is -2.28. The molecule has 0 aliphatic carbocycles. The highest BCUT2D eigenvalue weighted by molar-refractivity contribution is 5.81. The predicted octanol–water partition coefficient (Wildman–Crippen LogP) is 0.874. The summed E-state index contributed by atoms with van der Waals surface area (Å²) in [6, 6.07) is 6.39. The van der Waals surface area contributed by atoms with Crippen molar-refractivity contribution in [1.82, 2.24) is 0 Å². The smallest absolute Gasteiger partial charge is 0.336 e. The maximum atomic E-state index is 11.4. The Bertz CT molecular complexity index is 656. The van der Waals surface area contributed by atoms with Gasteiger partial charge in [-0.2, -0.15) is 0 Å². The molecule has 0 radical (unpaired) electrons. The van der Waals surface area contributed by atoms with Crippen LogP contribution in [0.5, 0.6) is 5.75 Å². The van der Waals surface area contributed by atoms with E-state index in [2.05, 4.69) is 0 Å². The number of ether oxygens (including phenoxy) is 1. The summed E-state index contributed by atoms with van der Waals surface area (Å²) in [5, 5.41) is 11.2. The van der Waals surface area contributed by atoms with Crippen LogP contribution in [-0.4, -0.2) is 12.6 Å². The van der Waals surface area contributed by atoms with E-state index in [9.17, 15) is 14.7 Å². The van der Waals surface area contributed by atoms with Gasteiger partial charge >= 0.3 is 5.63 Å². The lowest BCUT2D eigenvalue weighted by molar-refractivity contribution is -0.307. The number of carbonyl (C=O) groups excluding carboxylic acids is 1. The van der Waals surface area contributed by atoms with Crippen LogP contribution >= 0.6 is 0 Å². The first kappa shape index (κ1) is 13.1. The molecule has 1 aromatic carbocycles. The topological polar surface area (TPSA) is 79.6 Å². The summed E-state index contributed by atoms with van der Waals surface area (Å²) in [5.74, 6) is -0.977. The third-order valence-electron chi connectivity index (χ3n) is 2.68. The molecule has 2 aromatic rings. The van der Waals surface area contributed by atoms with E-state index >= 15 is 0 Å². The van der Waals surface area contributed by atoms with Gasteiger partial charge < -0.3 is 19.1 Å². The standard InChI is InChI=1S/C14H14O5/c1-2-3-9-6-14(17)19-12-7-10(4-5-11(9)12)18-8-13(15)16/h4-7H,2-3,8H2,1H3,(H,15,16)/p-1. The zero-order valence-electron chi connectivity index (χ0n) is 10.5. The second kappa shape index (κ2) is 5.56. The van der Waals surface area contributed by atoms with Gasteiger partial charge in [0.05, 0.1) is 5.97 Å². The van der Waals surface area contributed by atoms with Crippen molar-refractivity contribution in [3.63, 3.8) is 0 Å². The molecule has 1 heterocycles. The quantitative estimate of drug-likeness (QED) is 0.746. The second-order valence-corrected chi connectivity index (χ2v) is 4.16. The number of fused-ring (bicyclic) bond motifs is 1. The van der Waals surface area contributed by atoms with Crippen LogP contribution in [0.3, 0.4) is 0 Å². The van der Waals surface area contributed by atoms with Crippen LogP contribution in [0, 0.1) is 0 Å². The van der Waals surface area contributed by atoms with Crippen molar-refractivity contribution in [2.75, 3.05) is 6.61 Å². The summed E-state index contributed by atoms with van der Waals surface area (Å²) in [5.41, 5.74) is 0.889. The second-order valence-electron chi connectivity index (χ2n) is 4.16. The maximum absolute atomic E-state index is 11.4. The van der Waals surface area contributed by atoms with Crippen LogP contribution in [0.15, 0.2) is 33.5 Å². The van der Waals surface area contributed by atoms with E-state index in [1.54, 1.807) is 12.1 Å². The van der Waals surface area contributed by atoms with Crippen LogP contribution in [0.1, 0.15) is 18.9 Å². The number of aryl methyl sites for hydroxylation is 1. The zero-order valence-corrected chi connectivity index (χ0v) is 10.5. The van der Waals surface area contributed by atoms with Crippen molar-refractivity contribution in [2.45, 2.75) is 19.8 Å². The van der Waals surface area contributed by atoms with E-state index in [0.29, 0.717) is 11.3 Å². The van der Waals surface area contributed by atoms with Crippen molar-refractivity contribution in [3.05, 3.63) is 40.2 Å². The Morgan fingerprint density at radius 1 is 1.37 bits per heavy atom. The fraction of sp³-hybridized carbons (Fsp3) is 0.286. The first-order valence-electron chi connectivity index (χ1n) is 5.99. The number of carboxylic acids is 1. The minimum atomic E-state index is -1.30. The molecule has 2 rings (SSSR count). The molecule has 1 aromatic heterocycles. The number of rotatable bonds is 5. The molecule has 19 heavy (non-hydrogen) atoms. The fourth-order valence-electron chi connectivity index (χ4n) is 1.92. The van der Waals surface area contributed by atoms with E-state index in [-0.39, 0.29) is 0 Å². The van der Waals surface area contributed by atoms with Crippen molar-refractivity contribution >= 4 is 16.9 Å². The maximum Gasteiger partial charge on any atom is 0.336 e. The number of carbonyl (C=O) groups is 1. The molecule has 0 fully saturated rings. The van der Waals surface area contributed by atoms with E-state index in [1.165, 1.54) is 12.1 Å². The molecule has 0 N–H and O–H groups in total. The molecule has 0 atom stereocenters. The fourth-order valence-corrected chi connectivity index (χ4v) is 1.92. The molecule has 0 spiro atoms. The molecule has 0 aliphatic rings. The number of aliphatic carboxylic acids is 1. The van der Waals surface area contributed by atoms with Gasteiger partial charge in [-0.05, 0) is 24.1 Å². The minimum Gasteiger partial charge on any atom is -0.546 e. The van der Waals surface area contributed by atoms with Gasteiger partial charge in [0.15, 0.2) is 0 Å². The largest absolute Gasteiger partial charge is 0.546 e. The summed E-state index contributed by atoms with van der Waals surface area (Å²) in [7, 11) is 0. The van der Waals surface area contributed by atoms with Crippen molar-refractivity contribution in [1.29, 1.82) is 0 Å². The van der Waals surface area contributed by atoms with E-state index in [4.69, 9.17) is 9.15 Å². The molecule has 0 bridgehead atoms. The van der Waals surface area contributed by atoms with Gasteiger partial charge in [-0.15, -0.1) is 0 Å². The molecular formula is C14H13O5-. The average molecular weight is 261 g/mol. The summed E-state index contributed by atoms with van der Waals surface area (Å²) >= 11 is 0. The van der Waals surface area contributed by atoms with Gasteiger partial charge in [0.2, 0.25) is 0 Å². The van der Waals surface area contributed by atoms with Gasteiger partial charge in [0, 0.05) is 17.5 Å². The highest BCUT2D eigenvalue weighted by atomic mass is 16.5. The molecule has 100 valence electrons. The molecule has 0 saturated carbocycles. The number of hydrogen-bond acceptors (Lipinski definition) is 5. The first-order chi connectivity index (χ1) is 9.10. The molecule has 0 saturated heterocycles. The van der Waals surface area contributed by atoms with Gasteiger partial charge in [-0.1, -0.05) is 13.3 Å². The summed E-state index contributed by atoms with van der Waals surface area (Å²) < 4.78 is 10.1. The molecule has 0 unspecified atom stereocenters. The Labute approximate surface area is 109 Å². The first-order valence-corrected chi connectivity index (χ1v) is 5.99. The average Bonchev–Trinajstić information content (AvgIpc) is 2.36. The van der Waals surface area contributed by atoms with Crippen LogP contribution in [0.25, 0.3) is 11.0 Å². The number of hydrogen-bond donors (Lipinski definition) is 0. The Morgan fingerprint density at radius 2 is 2.16 bits per heavy atom. The minimum absolute atomic E-state index is 0.327. The third-order valence-corrected chi connectivity index (χ3v) is 2.68. The lowest BCUT2D eigenvalue weighted by Gasteiger charge is -2.08. The third kappa shape index (κ3) is 3.13. The highest BCUT2D eigenvalue weighted by Gasteiger charge is 2.06. The van der Waals surface area contributed by atoms with E-state index < -0.39 is 18.2 Å². The monoisotopic (exact) mass is 261 g/mol. The van der Waals surface area contributed by atoms with E-state index in [1.807, 2.05) is 6.92 Å². The van der Waals surface area contributed by atoms with Gasteiger partial charge in [-0.3, -0.25) is 0 Å². The molecule has 0 amide bonds. The van der Waals surface area contributed by atoms with Crippen LogP contribution in [-0.2, 0) is 11.2 Å². The lowest BCUT2D eigenvalue weighted by atomic mass is 10.1. The molecule has 0 aliphatic heterocycles. The Hall–Kier alpha value is -2.30. The number of carboxylic acid groups (broad SMARTS) is 1. The SMILES string of the molecule is CCCc1cc(=O)oc2cc(OCC(=O)[O-])ccc12. The van der Waals surface area contributed by atoms with Crippen molar-refractivity contribution in [2.24, 2.45) is 0 Å². The van der Waals surface area contributed by atoms with Crippen molar-refractivity contribution < 1.29 is 19.1 Å². The van der Waals surface area contributed by atoms with Gasteiger partial charge in [0.25, 0.3) is 0 Å². The molecule has 5 nitrogen and oxygen atoms in total. The Morgan fingerprint density at radius 3 is 2.84 bits per heavy atom. The normalized spacial score (nSPS) is 10.6. The van der Waals surface area contributed by atoms with E-state index in [0.717, 1.165) is 23.8 Å². The molecule has 5 heteroatoms. The van der Waals surface area contributed by atoms with Crippen LogP contribution in [0.4, 0.5) is 0 Å². The highest BCUT2D eigenvalue weighted by Crippen LogP contribution is 2.23. The van der Waals surface area contributed by atoms with Gasteiger partial charge in [0.1, 0.15) is 17.9 Å². The summed E-state index contributed by atoms with van der Waals surface area (Å²) in [4.78, 5) is 21.8. The molecular weight excluding hydrogens is 248 g/mol. The predicted molar refractivity (Wildman–Crippen MR) is 67.0 cm³/mol. The van der Waals surface area contributed by atoms with Gasteiger partial charge in [-0.25, -0.2) is 4.79 Å². The Balaban J connectivity index is 2.42. The number of benzene rings is 1. The summed E-state index contributed by atoms with van der Waals surface area (Å²) in [6.07, 6.45) is 1.70. The zero-order chi connectivity index (χ0) is 13.8. The van der Waals surface area contributed by atoms with Crippen LogP contribution < -0.4 is 15.5 Å². The van der Waals surface area contributed by atoms with Crippen molar-refractivity contribution in [3.8, 4) is 5.75 Å².